The van der Waals surface area contributed by atoms with E-state index >= 15 is 0 Å². The van der Waals surface area contributed by atoms with E-state index in [1.807, 2.05) is 0 Å². The van der Waals surface area contributed by atoms with Gasteiger partial charge in [-0.25, -0.2) is 9.78 Å². The van der Waals surface area contributed by atoms with Gasteiger partial charge in [-0.2, -0.15) is 0 Å². The van der Waals surface area contributed by atoms with E-state index < -0.39 is 0 Å². The van der Waals surface area contributed by atoms with E-state index in [1.165, 1.54) is 6.08 Å². The first-order valence-corrected chi connectivity index (χ1v) is 3.33. The third-order valence-electron chi connectivity index (χ3n) is 1.12. The average molecular weight is 169 g/mol. The lowest BCUT2D eigenvalue weighted by molar-refractivity contribution is 0.565. The summed E-state index contributed by atoms with van der Waals surface area (Å²) in [5.41, 5.74) is 0.767. The van der Waals surface area contributed by atoms with Gasteiger partial charge in [-0.05, 0) is 19.1 Å². The minimum Gasteiger partial charge on any atom is -0.232 e. The van der Waals surface area contributed by atoms with E-state index in [9.17, 15) is 4.79 Å². The van der Waals surface area contributed by atoms with E-state index in [0.717, 1.165) is 5.69 Å². The zero-order chi connectivity index (χ0) is 8.27. The SMILES string of the molecule is Cc1ccc(Cl)c(N=C=O)n1. The number of hydrogen-bond acceptors (Lipinski definition) is 3. The van der Waals surface area contributed by atoms with Crippen molar-refractivity contribution in [1.29, 1.82) is 0 Å². The number of aryl methyl sites for hydroxylation is 1. The maximum absolute atomic E-state index is 9.85. The summed E-state index contributed by atoms with van der Waals surface area (Å²) in [5, 5.41) is 0.360. The third kappa shape index (κ3) is 1.87. The lowest BCUT2D eigenvalue weighted by Gasteiger charge is -1.94. The summed E-state index contributed by atoms with van der Waals surface area (Å²) >= 11 is 5.64. The summed E-state index contributed by atoms with van der Waals surface area (Å²) in [7, 11) is 0. The van der Waals surface area contributed by atoms with Crippen molar-refractivity contribution in [2.45, 2.75) is 6.92 Å². The van der Waals surface area contributed by atoms with Gasteiger partial charge >= 0.3 is 0 Å². The maximum Gasteiger partial charge on any atom is 0.242 e. The Morgan fingerprint density at radius 2 is 2.36 bits per heavy atom. The highest BCUT2D eigenvalue weighted by Gasteiger charge is 1.98. The van der Waals surface area contributed by atoms with E-state index in [1.54, 1.807) is 19.1 Å². The molecule has 11 heavy (non-hydrogen) atoms. The van der Waals surface area contributed by atoms with Gasteiger partial charge in [0, 0.05) is 5.69 Å². The van der Waals surface area contributed by atoms with E-state index in [0.29, 0.717) is 5.02 Å². The zero-order valence-electron chi connectivity index (χ0n) is 5.84. The molecule has 1 heterocycles. The standard InChI is InChI=1S/C7H5ClN2O/c1-5-2-3-6(8)7(10-5)9-4-11/h2-3H,1H3. The monoisotopic (exact) mass is 168 g/mol. The van der Waals surface area contributed by atoms with Gasteiger partial charge in [0.1, 0.15) is 0 Å². The molecule has 0 N–H and O–H groups in total. The highest BCUT2D eigenvalue weighted by Crippen LogP contribution is 2.20. The van der Waals surface area contributed by atoms with Gasteiger partial charge in [-0.1, -0.05) is 11.6 Å². The Kier molecular flexibility index (Phi) is 2.36. The molecule has 0 spiro atoms. The Hall–Kier alpha value is -1.18. The molecule has 1 aromatic rings. The molecule has 0 fully saturated rings. The van der Waals surface area contributed by atoms with Crippen LogP contribution in [0.4, 0.5) is 5.82 Å². The van der Waals surface area contributed by atoms with Crippen LogP contribution in [0.15, 0.2) is 17.1 Å². The molecule has 3 nitrogen and oxygen atoms in total. The molecule has 56 valence electrons. The number of hydrogen-bond donors (Lipinski definition) is 0. The smallest absolute Gasteiger partial charge is 0.232 e. The molecule has 0 aliphatic carbocycles. The second-order valence-corrected chi connectivity index (χ2v) is 2.37. The lowest BCUT2D eigenvalue weighted by atomic mass is 10.4. The van der Waals surface area contributed by atoms with Crippen molar-refractivity contribution in [2.75, 3.05) is 0 Å². The molecule has 0 bridgehead atoms. The van der Waals surface area contributed by atoms with Crippen LogP contribution < -0.4 is 0 Å². The molecule has 0 aliphatic rings. The number of carbonyl (C=O) groups excluding carboxylic acids is 1. The quantitative estimate of drug-likeness (QED) is 0.476. The largest absolute Gasteiger partial charge is 0.242 e. The van der Waals surface area contributed by atoms with Gasteiger partial charge in [0.2, 0.25) is 6.08 Å². The van der Waals surface area contributed by atoms with Crippen molar-refractivity contribution >= 4 is 23.5 Å². The molecule has 0 saturated heterocycles. The second-order valence-electron chi connectivity index (χ2n) is 1.96. The Bertz CT molecular complexity index is 318. The molecule has 0 atom stereocenters. The first-order chi connectivity index (χ1) is 5.24. The number of aromatic nitrogens is 1. The predicted molar refractivity (Wildman–Crippen MR) is 41.8 cm³/mol. The molecular weight excluding hydrogens is 164 g/mol. The van der Waals surface area contributed by atoms with Crippen molar-refractivity contribution in [2.24, 2.45) is 4.99 Å². The van der Waals surface area contributed by atoms with Gasteiger partial charge in [-0.15, -0.1) is 4.99 Å². The van der Waals surface area contributed by atoms with Crippen molar-refractivity contribution in [3.63, 3.8) is 0 Å². The Balaban J connectivity index is 3.22. The number of rotatable bonds is 1. The summed E-state index contributed by atoms with van der Waals surface area (Å²) in [6, 6.07) is 3.38. The van der Waals surface area contributed by atoms with Crippen LogP contribution in [0.1, 0.15) is 5.69 Å². The highest BCUT2D eigenvalue weighted by molar-refractivity contribution is 6.32. The molecule has 1 aromatic heterocycles. The fourth-order valence-corrected chi connectivity index (χ4v) is 0.795. The van der Waals surface area contributed by atoms with Crippen LogP contribution in [-0.2, 0) is 4.79 Å². The maximum atomic E-state index is 9.85. The Morgan fingerprint density at radius 3 is 3.00 bits per heavy atom. The molecule has 0 amide bonds. The molecule has 0 aliphatic heterocycles. The Morgan fingerprint density at radius 1 is 1.64 bits per heavy atom. The lowest BCUT2D eigenvalue weighted by Crippen LogP contribution is -1.80. The highest BCUT2D eigenvalue weighted by atomic mass is 35.5. The summed E-state index contributed by atoms with van der Waals surface area (Å²) in [6.07, 6.45) is 1.38. The number of isocyanates is 1. The summed E-state index contributed by atoms with van der Waals surface area (Å²) in [4.78, 5) is 17.1. The molecular formula is C7H5ClN2O. The first-order valence-electron chi connectivity index (χ1n) is 2.95. The molecule has 4 heteroatoms. The van der Waals surface area contributed by atoms with Crippen LogP contribution in [-0.4, -0.2) is 11.1 Å². The van der Waals surface area contributed by atoms with Crippen LogP contribution in [0, 0.1) is 6.92 Å². The number of halogens is 1. The van der Waals surface area contributed by atoms with Gasteiger partial charge in [-0.3, -0.25) is 0 Å². The molecule has 0 aromatic carbocycles. The van der Waals surface area contributed by atoms with Crippen LogP contribution >= 0.6 is 11.6 Å². The summed E-state index contributed by atoms with van der Waals surface area (Å²) in [6.45, 7) is 1.79. The van der Waals surface area contributed by atoms with Crippen LogP contribution in [0.3, 0.4) is 0 Å². The minimum absolute atomic E-state index is 0.224. The topological polar surface area (TPSA) is 42.3 Å². The van der Waals surface area contributed by atoms with Crippen molar-refractivity contribution in [3.8, 4) is 0 Å². The van der Waals surface area contributed by atoms with Crippen LogP contribution in [0.5, 0.6) is 0 Å². The second kappa shape index (κ2) is 3.28. The molecule has 1 rings (SSSR count). The van der Waals surface area contributed by atoms with E-state index in [4.69, 9.17) is 11.6 Å². The fraction of sp³-hybridized carbons (Fsp3) is 0.143. The van der Waals surface area contributed by atoms with Crippen molar-refractivity contribution in [3.05, 3.63) is 22.8 Å². The number of aliphatic imine (C=N–C) groups is 1. The van der Waals surface area contributed by atoms with E-state index in [-0.39, 0.29) is 5.82 Å². The summed E-state index contributed by atoms with van der Waals surface area (Å²) in [5.74, 6) is 0.224. The predicted octanol–water partition coefficient (Wildman–Crippen LogP) is 2.01. The molecule has 0 saturated carbocycles. The normalized spacial score (nSPS) is 8.91. The van der Waals surface area contributed by atoms with Crippen molar-refractivity contribution < 1.29 is 4.79 Å². The van der Waals surface area contributed by atoms with Crippen LogP contribution in [0.2, 0.25) is 5.02 Å². The number of nitrogens with zero attached hydrogens (tertiary/aromatic N) is 2. The number of pyridine rings is 1. The van der Waals surface area contributed by atoms with Gasteiger partial charge < -0.3 is 0 Å². The van der Waals surface area contributed by atoms with E-state index in [2.05, 4.69) is 9.98 Å². The molecule has 0 radical (unpaired) electrons. The third-order valence-corrected chi connectivity index (χ3v) is 1.41. The van der Waals surface area contributed by atoms with Gasteiger partial charge in [0.05, 0.1) is 5.02 Å². The Labute approximate surface area is 68.7 Å². The van der Waals surface area contributed by atoms with Crippen molar-refractivity contribution in [1.82, 2.24) is 4.98 Å². The average Bonchev–Trinajstić information content (AvgIpc) is 1.98. The van der Waals surface area contributed by atoms with Crippen LogP contribution in [0.25, 0.3) is 0 Å². The minimum atomic E-state index is 0.224. The first kappa shape index (κ1) is 7.92. The van der Waals surface area contributed by atoms with Gasteiger partial charge in [0.25, 0.3) is 0 Å². The zero-order valence-corrected chi connectivity index (χ0v) is 6.59. The summed E-state index contributed by atoms with van der Waals surface area (Å²) < 4.78 is 0. The van der Waals surface area contributed by atoms with Gasteiger partial charge in [0.15, 0.2) is 5.82 Å². The molecule has 0 unspecified atom stereocenters. The fourth-order valence-electron chi connectivity index (χ4n) is 0.648.